The second kappa shape index (κ2) is 5.21. The fraction of sp³-hybridized carbons (Fsp3) is 0.300. The lowest BCUT2D eigenvalue weighted by Crippen LogP contribution is -1.99. The number of nitrogens with two attached hydrogens (primary N) is 1. The zero-order chi connectivity index (χ0) is 10.7. The van der Waals surface area contributed by atoms with Crippen LogP contribution < -0.4 is 5.73 Å². The van der Waals surface area contributed by atoms with Gasteiger partial charge < -0.3 is 5.73 Å². The molecule has 0 spiro atoms. The summed E-state index contributed by atoms with van der Waals surface area (Å²) in [5.74, 6) is 0. The van der Waals surface area contributed by atoms with E-state index in [1.54, 1.807) is 22.7 Å². The van der Waals surface area contributed by atoms with Gasteiger partial charge in [0.15, 0.2) is 0 Å². The molecular formula is C10H11BrN2S2. The van der Waals surface area contributed by atoms with Crippen molar-refractivity contribution in [3.8, 4) is 9.88 Å². The van der Waals surface area contributed by atoms with E-state index in [1.165, 1.54) is 9.75 Å². The topological polar surface area (TPSA) is 38.9 Å². The quantitative estimate of drug-likeness (QED) is 0.938. The predicted octanol–water partition coefficient (Wildman–Crippen LogP) is 3.53. The predicted molar refractivity (Wildman–Crippen MR) is 70.5 cm³/mol. The molecule has 0 fully saturated rings. The number of halogens is 1. The fourth-order valence-corrected chi connectivity index (χ4v) is 3.64. The summed E-state index contributed by atoms with van der Waals surface area (Å²) in [5.41, 5.74) is 5.48. The Balaban J connectivity index is 2.13. The van der Waals surface area contributed by atoms with Crippen molar-refractivity contribution in [3.05, 3.63) is 27.0 Å². The van der Waals surface area contributed by atoms with Crippen LogP contribution in [-0.4, -0.2) is 11.5 Å². The number of hydrogen-bond donors (Lipinski definition) is 1. The molecule has 2 nitrogen and oxygen atoms in total. The first-order chi connectivity index (χ1) is 7.29. The van der Waals surface area contributed by atoms with Crippen molar-refractivity contribution in [3.63, 3.8) is 0 Å². The summed E-state index contributed by atoms with van der Waals surface area (Å²) in [5, 5.41) is 1.11. The van der Waals surface area contributed by atoms with Crippen LogP contribution in [0.15, 0.2) is 22.1 Å². The number of thiazole rings is 1. The number of hydrogen-bond acceptors (Lipinski definition) is 4. The fourth-order valence-electron chi connectivity index (χ4n) is 1.24. The third-order valence-electron chi connectivity index (χ3n) is 1.96. The van der Waals surface area contributed by atoms with E-state index < -0.39 is 0 Å². The van der Waals surface area contributed by atoms with Gasteiger partial charge in [0.2, 0.25) is 0 Å². The molecule has 80 valence electrons. The molecule has 0 saturated carbocycles. The number of rotatable bonds is 4. The molecule has 0 saturated heterocycles. The van der Waals surface area contributed by atoms with E-state index in [0.29, 0.717) is 0 Å². The molecule has 2 aromatic rings. The van der Waals surface area contributed by atoms with E-state index in [9.17, 15) is 0 Å². The van der Waals surface area contributed by atoms with Crippen molar-refractivity contribution in [2.24, 2.45) is 5.73 Å². The Hall–Kier alpha value is -0.230. The third-order valence-corrected chi connectivity index (χ3v) is 4.81. The van der Waals surface area contributed by atoms with Gasteiger partial charge in [-0.25, -0.2) is 4.98 Å². The Labute approximate surface area is 105 Å². The summed E-state index contributed by atoms with van der Waals surface area (Å²) in [6, 6.07) is 4.15. The SMILES string of the molecule is NCCCc1cnc(-c2ccc(Br)s2)s1. The normalized spacial score (nSPS) is 10.8. The Morgan fingerprint density at radius 2 is 2.20 bits per heavy atom. The smallest absolute Gasteiger partial charge is 0.133 e. The first-order valence-electron chi connectivity index (χ1n) is 4.70. The van der Waals surface area contributed by atoms with Gasteiger partial charge in [0.05, 0.1) is 8.66 Å². The van der Waals surface area contributed by atoms with Crippen molar-refractivity contribution in [2.75, 3.05) is 6.54 Å². The van der Waals surface area contributed by atoms with Crippen molar-refractivity contribution >= 4 is 38.6 Å². The highest BCUT2D eigenvalue weighted by molar-refractivity contribution is 9.11. The van der Waals surface area contributed by atoms with Crippen molar-refractivity contribution in [2.45, 2.75) is 12.8 Å². The van der Waals surface area contributed by atoms with Crippen LogP contribution in [0, 0.1) is 0 Å². The van der Waals surface area contributed by atoms with Gasteiger partial charge in [-0.15, -0.1) is 22.7 Å². The van der Waals surface area contributed by atoms with Crippen LogP contribution >= 0.6 is 38.6 Å². The average Bonchev–Trinajstić information content (AvgIpc) is 2.83. The van der Waals surface area contributed by atoms with Crippen LogP contribution in [0.4, 0.5) is 0 Å². The number of nitrogens with zero attached hydrogens (tertiary/aromatic N) is 1. The molecule has 0 aliphatic carbocycles. The van der Waals surface area contributed by atoms with Gasteiger partial charge in [0, 0.05) is 11.1 Å². The zero-order valence-electron chi connectivity index (χ0n) is 8.07. The Morgan fingerprint density at radius 3 is 2.87 bits per heavy atom. The molecule has 15 heavy (non-hydrogen) atoms. The highest BCUT2D eigenvalue weighted by atomic mass is 79.9. The van der Waals surface area contributed by atoms with Crippen LogP contribution in [0.3, 0.4) is 0 Å². The summed E-state index contributed by atoms with van der Waals surface area (Å²) in [4.78, 5) is 6.97. The lowest BCUT2D eigenvalue weighted by molar-refractivity contribution is 0.841. The first-order valence-corrected chi connectivity index (χ1v) is 7.12. The monoisotopic (exact) mass is 302 g/mol. The number of aromatic nitrogens is 1. The Kier molecular flexibility index (Phi) is 3.91. The molecule has 2 rings (SSSR count). The molecule has 0 bridgehead atoms. The highest BCUT2D eigenvalue weighted by Crippen LogP contribution is 2.33. The minimum absolute atomic E-state index is 0.748. The number of thiophene rings is 1. The molecule has 0 amide bonds. The average molecular weight is 303 g/mol. The molecule has 0 aliphatic heterocycles. The molecule has 2 aromatic heterocycles. The molecule has 0 aliphatic rings. The molecule has 0 atom stereocenters. The van der Waals surface area contributed by atoms with Gasteiger partial charge >= 0.3 is 0 Å². The van der Waals surface area contributed by atoms with Gasteiger partial charge in [-0.3, -0.25) is 0 Å². The van der Waals surface area contributed by atoms with Gasteiger partial charge in [-0.05, 0) is 47.4 Å². The summed E-state index contributed by atoms with van der Waals surface area (Å²) in [6.07, 6.45) is 4.04. The highest BCUT2D eigenvalue weighted by Gasteiger charge is 2.06. The lowest BCUT2D eigenvalue weighted by Gasteiger charge is -1.91. The van der Waals surface area contributed by atoms with E-state index in [4.69, 9.17) is 5.73 Å². The van der Waals surface area contributed by atoms with Crippen molar-refractivity contribution < 1.29 is 0 Å². The summed E-state index contributed by atoms with van der Waals surface area (Å²) in [7, 11) is 0. The van der Waals surface area contributed by atoms with Gasteiger partial charge in [-0.2, -0.15) is 0 Å². The third kappa shape index (κ3) is 2.87. The number of aryl methyl sites for hydroxylation is 1. The van der Waals surface area contributed by atoms with Crippen molar-refractivity contribution in [1.82, 2.24) is 4.98 Å². The maximum absolute atomic E-state index is 5.48. The summed E-state index contributed by atoms with van der Waals surface area (Å²) in [6.45, 7) is 0.748. The molecular weight excluding hydrogens is 292 g/mol. The second-order valence-electron chi connectivity index (χ2n) is 3.13. The molecule has 0 aromatic carbocycles. The molecule has 0 unspecified atom stereocenters. The van der Waals surface area contributed by atoms with Crippen LogP contribution in [0.2, 0.25) is 0 Å². The van der Waals surface area contributed by atoms with E-state index >= 15 is 0 Å². The van der Waals surface area contributed by atoms with E-state index in [0.717, 1.165) is 28.2 Å². The zero-order valence-corrected chi connectivity index (χ0v) is 11.3. The van der Waals surface area contributed by atoms with Gasteiger partial charge in [-0.1, -0.05) is 0 Å². The molecule has 2 heterocycles. The first kappa shape index (κ1) is 11.3. The van der Waals surface area contributed by atoms with Crippen LogP contribution in [0.5, 0.6) is 0 Å². The van der Waals surface area contributed by atoms with Gasteiger partial charge in [0.25, 0.3) is 0 Å². The van der Waals surface area contributed by atoms with Crippen LogP contribution in [-0.2, 0) is 6.42 Å². The van der Waals surface area contributed by atoms with Gasteiger partial charge in [0.1, 0.15) is 5.01 Å². The van der Waals surface area contributed by atoms with Crippen molar-refractivity contribution in [1.29, 1.82) is 0 Å². The molecule has 2 N–H and O–H groups in total. The Morgan fingerprint density at radius 1 is 1.33 bits per heavy atom. The summed E-state index contributed by atoms with van der Waals surface area (Å²) >= 11 is 6.94. The van der Waals surface area contributed by atoms with E-state index in [-0.39, 0.29) is 0 Å². The van der Waals surface area contributed by atoms with Crippen LogP contribution in [0.25, 0.3) is 9.88 Å². The minimum Gasteiger partial charge on any atom is -0.330 e. The minimum atomic E-state index is 0.748. The Bertz CT molecular complexity index is 436. The molecule has 0 radical (unpaired) electrons. The second-order valence-corrected chi connectivity index (χ2v) is 6.71. The maximum Gasteiger partial charge on any atom is 0.133 e. The van der Waals surface area contributed by atoms with E-state index in [1.807, 2.05) is 6.20 Å². The maximum atomic E-state index is 5.48. The summed E-state index contributed by atoms with van der Waals surface area (Å²) < 4.78 is 1.15. The molecule has 5 heteroatoms. The van der Waals surface area contributed by atoms with Crippen LogP contribution in [0.1, 0.15) is 11.3 Å². The lowest BCUT2D eigenvalue weighted by atomic mass is 10.3. The largest absolute Gasteiger partial charge is 0.330 e. The van der Waals surface area contributed by atoms with E-state index in [2.05, 4.69) is 33.0 Å². The standard InChI is InChI=1S/C10H11BrN2S2/c11-9-4-3-8(15-9)10-13-6-7(14-10)2-1-5-12/h3-4,6H,1-2,5,12H2.